The molecule has 2 aromatic heterocycles. The number of thiophene rings is 1. The maximum Gasteiger partial charge on any atom is 0.256 e. The van der Waals surface area contributed by atoms with Gasteiger partial charge in [-0.05, 0) is 50.3 Å². The van der Waals surface area contributed by atoms with Crippen LogP contribution in [0.1, 0.15) is 39.5 Å². The molecule has 0 aliphatic heterocycles. The second-order valence-corrected chi connectivity index (χ2v) is 7.00. The number of aryl methyl sites for hydroxylation is 2. The minimum atomic E-state index is -0.0299. The molecule has 3 aromatic rings. The van der Waals surface area contributed by atoms with Crippen LogP contribution in [-0.4, -0.2) is 21.1 Å². The van der Waals surface area contributed by atoms with E-state index in [2.05, 4.69) is 20.5 Å². The summed E-state index contributed by atoms with van der Waals surface area (Å²) in [4.78, 5) is 18.4. The molecule has 0 fully saturated rings. The highest BCUT2D eigenvalue weighted by molar-refractivity contribution is 7.10. The number of nitrogens with zero attached hydrogens (tertiary/aromatic N) is 2. The summed E-state index contributed by atoms with van der Waals surface area (Å²) in [5.41, 5.74) is 3.71. The van der Waals surface area contributed by atoms with Crippen LogP contribution in [0.25, 0.3) is 11.4 Å². The number of hydrogen-bond donors (Lipinski definition) is 2. The molecule has 5 nitrogen and oxygen atoms in total. The Labute approximate surface area is 144 Å². The van der Waals surface area contributed by atoms with Crippen LogP contribution < -0.4 is 5.32 Å². The molecule has 0 radical (unpaired) electrons. The molecular formula is C18H18N4OS. The van der Waals surface area contributed by atoms with E-state index in [0.717, 1.165) is 35.5 Å². The molecular weight excluding hydrogens is 320 g/mol. The number of nitrogens with one attached hydrogen (secondary N) is 2. The van der Waals surface area contributed by atoms with Crippen molar-refractivity contribution >= 4 is 22.9 Å². The lowest BCUT2D eigenvalue weighted by Crippen LogP contribution is -2.14. The molecule has 0 unspecified atom stereocenters. The molecule has 1 aliphatic carbocycles. The Morgan fingerprint density at radius 1 is 1.29 bits per heavy atom. The zero-order chi connectivity index (χ0) is 16.5. The maximum atomic E-state index is 12.7. The summed E-state index contributed by atoms with van der Waals surface area (Å²) in [6.07, 6.45) is 4.52. The molecule has 0 bridgehead atoms. The van der Waals surface area contributed by atoms with Gasteiger partial charge in [0.2, 0.25) is 0 Å². The second kappa shape index (κ2) is 6.20. The minimum absolute atomic E-state index is 0.0299. The van der Waals surface area contributed by atoms with Gasteiger partial charge in [-0.1, -0.05) is 12.1 Å². The van der Waals surface area contributed by atoms with Crippen LogP contribution in [0.4, 0.5) is 5.69 Å². The third kappa shape index (κ3) is 2.85. The molecule has 1 aromatic carbocycles. The van der Waals surface area contributed by atoms with Crippen LogP contribution in [0.15, 0.2) is 29.6 Å². The maximum absolute atomic E-state index is 12.7. The Balaban J connectivity index is 1.57. The van der Waals surface area contributed by atoms with Gasteiger partial charge in [0.1, 0.15) is 5.82 Å². The Bertz CT molecular complexity index is 896. The zero-order valence-electron chi connectivity index (χ0n) is 13.4. The SMILES string of the molecule is Cc1nc(-c2cccc(NC(=O)c3csc4c3CCCC4)c2)n[nH]1. The molecule has 0 saturated heterocycles. The first-order valence-corrected chi connectivity index (χ1v) is 8.99. The summed E-state index contributed by atoms with van der Waals surface area (Å²) in [6, 6.07) is 7.63. The number of carbonyl (C=O) groups excluding carboxylic acids is 1. The van der Waals surface area contributed by atoms with Crippen molar-refractivity contribution in [3.05, 3.63) is 51.5 Å². The highest BCUT2D eigenvalue weighted by Gasteiger charge is 2.20. The zero-order valence-corrected chi connectivity index (χ0v) is 14.2. The van der Waals surface area contributed by atoms with Crippen molar-refractivity contribution in [2.24, 2.45) is 0 Å². The first-order chi connectivity index (χ1) is 11.7. The molecule has 4 rings (SSSR count). The first kappa shape index (κ1) is 15.1. The van der Waals surface area contributed by atoms with E-state index in [1.807, 2.05) is 36.6 Å². The average molecular weight is 338 g/mol. The average Bonchev–Trinajstić information content (AvgIpc) is 3.21. The van der Waals surface area contributed by atoms with Crippen molar-refractivity contribution < 1.29 is 4.79 Å². The van der Waals surface area contributed by atoms with Crippen LogP contribution in [0, 0.1) is 6.92 Å². The van der Waals surface area contributed by atoms with Gasteiger partial charge in [0.05, 0.1) is 5.56 Å². The Morgan fingerprint density at radius 2 is 2.17 bits per heavy atom. The number of aromatic nitrogens is 3. The van der Waals surface area contributed by atoms with Crippen molar-refractivity contribution in [2.45, 2.75) is 32.6 Å². The fourth-order valence-electron chi connectivity index (χ4n) is 3.09. The number of aromatic amines is 1. The van der Waals surface area contributed by atoms with Crippen LogP contribution >= 0.6 is 11.3 Å². The van der Waals surface area contributed by atoms with Crippen molar-refractivity contribution in [1.29, 1.82) is 0 Å². The molecule has 1 amide bonds. The summed E-state index contributed by atoms with van der Waals surface area (Å²) in [7, 11) is 0. The van der Waals surface area contributed by atoms with E-state index in [4.69, 9.17) is 0 Å². The van der Waals surface area contributed by atoms with Crippen LogP contribution in [-0.2, 0) is 12.8 Å². The number of fused-ring (bicyclic) bond motifs is 1. The molecule has 6 heteroatoms. The number of rotatable bonds is 3. The predicted molar refractivity (Wildman–Crippen MR) is 95.5 cm³/mol. The van der Waals surface area contributed by atoms with Crippen molar-refractivity contribution in [3.8, 4) is 11.4 Å². The second-order valence-electron chi connectivity index (χ2n) is 6.04. The molecule has 2 heterocycles. The van der Waals surface area contributed by atoms with Crippen molar-refractivity contribution in [3.63, 3.8) is 0 Å². The van der Waals surface area contributed by atoms with Gasteiger partial charge < -0.3 is 5.32 Å². The van der Waals surface area contributed by atoms with Gasteiger partial charge in [0, 0.05) is 21.5 Å². The summed E-state index contributed by atoms with van der Waals surface area (Å²) in [5.74, 6) is 1.37. The van der Waals surface area contributed by atoms with E-state index in [1.165, 1.54) is 23.3 Å². The summed E-state index contributed by atoms with van der Waals surface area (Å²) in [5, 5.41) is 12.0. The monoisotopic (exact) mass is 338 g/mol. The molecule has 0 saturated carbocycles. The molecule has 2 N–H and O–H groups in total. The van der Waals surface area contributed by atoms with Crippen molar-refractivity contribution in [1.82, 2.24) is 15.2 Å². The topological polar surface area (TPSA) is 70.7 Å². The predicted octanol–water partition coefficient (Wildman–Crippen LogP) is 3.97. The Morgan fingerprint density at radius 3 is 3.00 bits per heavy atom. The van der Waals surface area contributed by atoms with E-state index in [9.17, 15) is 4.79 Å². The smallest absolute Gasteiger partial charge is 0.256 e. The Hall–Kier alpha value is -2.47. The van der Waals surface area contributed by atoms with E-state index in [-0.39, 0.29) is 5.91 Å². The molecule has 1 aliphatic rings. The number of carbonyl (C=O) groups is 1. The van der Waals surface area contributed by atoms with E-state index in [1.54, 1.807) is 11.3 Å². The lowest BCUT2D eigenvalue weighted by molar-refractivity contribution is 0.102. The lowest BCUT2D eigenvalue weighted by Gasteiger charge is -2.13. The van der Waals surface area contributed by atoms with Crippen LogP contribution in [0.2, 0.25) is 0 Å². The molecule has 0 atom stereocenters. The largest absolute Gasteiger partial charge is 0.322 e. The summed E-state index contributed by atoms with van der Waals surface area (Å²) in [6.45, 7) is 1.86. The van der Waals surface area contributed by atoms with Crippen LogP contribution in [0.3, 0.4) is 0 Å². The fourth-order valence-corrected chi connectivity index (χ4v) is 4.22. The van der Waals surface area contributed by atoms with Crippen molar-refractivity contribution in [2.75, 3.05) is 5.32 Å². The Kier molecular flexibility index (Phi) is 3.90. The number of anilines is 1. The van der Waals surface area contributed by atoms with E-state index >= 15 is 0 Å². The normalized spacial score (nSPS) is 13.5. The van der Waals surface area contributed by atoms with E-state index < -0.39 is 0 Å². The van der Waals surface area contributed by atoms with Crippen LogP contribution in [0.5, 0.6) is 0 Å². The fraction of sp³-hybridized carbons (Fsp3) is 0.278. The van der Waals surface area contributed by atoms with Gasteiger partial charge in [-0.2, -0.15) is 5.10 Å². The van der Waals surface area contributed by atoms with Gasteiger partial charge >= 0.3 is 0 Å². The van der Waals surface area contributed by atoms with Gasteiger partial charge in [-0.15, -0.1) is 11.3 Å². The third-order valence-electron chi connectivity index (χ3n) is 4.28. The minimum Gasteiger partial charge on any atom is -0.322 e. The lowest BCUT2D eigenvalue weighted by atomic mass is 9.95. The number of benzene rings is 1. The highest BCUT2D eigenvalue weighted by Crippen LogP contribution is 2.31. The molecule has 0 spiro atoms. The summed E-state index contributed by atoms with van der Waals surface area (Å²) >= 11 is 1.71. The van der Waals surface area contributed by atoms with Gasteiger partial charge in [0.25, 0.3) is 5.91 Å². The molecule has 24 heavy (non-hydrogen) atoms. The van der Waals surface area contributed by atoms with E-state index in [0.29, 0.717) is 5.82 Å². The highest BCUT2D eigenvalue weighted by atomic mass is 32.1. The number of hydrogen-bond acceptors (Lipinski definition) is 4. The van der Waals surface area contributed by atoms with Gasteiger partial charge in [0.15, 0.2) is 5.82 Å². The van der Waals surface area contributed by atoms with Gasteiger partial charge in [-0.25, -0.2) is 4.98 Å². The standard InChI is InChI=1S/C18H18N4OS/c1-11-19-17(22-21-11)12-5-4-6-13(9-12)20-18(23)15-10-24-16-8-3-2-7-14(15)16/h4-6,9-10H,2-3,7-8H2,1H3,(H,20,23)(H,19,21,22). The first-order valence-electron chi connectivity index (χ1n) is 8.11. The quantitative estimate of drug-likeness (QED) is 0.759. The van der Waals surface area contributed by atoms with Gasteiger partial charge in [-0.3, -0.25) is 9.89 Å². The number of H-pyrrole nitrogens is 1. The number of amides is 1. The third-order valence-corrected chi connectivity index (χ3v) is 5.37. The summed E-state index contributed by atoms with van der Waals surface area (Å²) < 4.78 is 0. The molecule has 122 valence electrons.